The van der Waals surface area contributed by atoms with E-state index in [0.717, 1.165) is 13.1 Å². The van der Waals surface area contributed by atoms with Crippen LogP contribution < -0.4 is 5.73 Å². The van der Waals surface area contributed by atoms with E-state index in [1.807, 2.05) is 18.2 Å². The molecule has 0 saturated carbocycles. The lowest BCUT2D eigenvalue weighted by atomic mass is 10.2. The highest BCUT2D eigenvalue weighted by atomic mass is 16.5. The molecule has 0 radical (unpaired) electrons. The SMILES string of the molecule is N/C(=N/O)[C@H]1CN(Cc2ccccc2)CCO1. The molecule has 3 N–H and O–H groups in total. The van der Waals surface area contributed by atoms with E-state index >= 15 is 0 Å². The zero-order chi connectivity index (χ0) is 12.1. The second-order valence-corrected chi connectivity index (χ2v) is 4.11. The summed E-state index contributed by atoms with van der Waals surface area (Å²) in [6, 6.07) is 10.2. The van der Waals surface area contributed by atoms with Gasteiger partial charge in [-0.25, -0.2) is 0 Å². The Hall–Kier alpha value is -1.59. The summed E-state index contributed by atoms with van der Waals surface area (Å²) in [6.45, 7) is 2.99. The molecule has 0 aromatic heterocycles. The van der Waals surface area contributed by atoms with Gasteiger partial charge in [0.15, 0.2) is 5.84 Å². The lowest BCUT2D eigenvalue weighted by molar-refractivity contribution is 0.00141. The first kappa shape index (κ1) is 11.9. The highest BCUT2D eigenvalue weighted by Crippen LogP contribution is 2.10. The van der Waals surface area contributed by atoms with Crippen LogP contribution >= 0.6 is 0 Å². The Morgan fingerprint density at radius 3 is 2.94 bits per heavy atom. The maximum atomic E-state index is 8.63. The molecule has 92 valence electrons. The number of nitrogens with two attached hydrogens (primary N) is 1. The highest BCUT2D eigenvalue weighted by molar-refractivity contribution is 5.84. The minimum Gasteiger partial charge on any atom is -0.409 e. The number of hydrogen-bond donors (Lipinski definition) is 2. The van der Waals surface area contributed by atoms with Crippen LogP contribution in [0.15, 0.2) is 35.5 Å². The summed E-state index contributed by atoms with van der Waals surface area (Å²) >= 11 is 0. The molecule has 5 nitrogen and oxygen atoms in total. The van der Waals surface area contributed by atoms with Crippen molar-refractivity contribution in [2.45, 2.75) is 12.6 Å². The lowest BCUT2D eigenvalue weighted by Gasteiger charge is -2.32. The van der Waals surface area contributed by atoms with Crippen LogP contribution in [0, 0.1) is 0 Å². The van der Waals surface area contributed by atoms with Crippen LogP contribution in [0.4, 0.5) is 0 Å². The van der Waals surface area contributed by atoms with Gasteiger partial charge in [-0.2, -0.15) is 0 Å². The van der Waals surface area contributed by atoms with E-state index in [1.54, 1.807) is 0 Å². The molecule has 0 unspecified atom stereocenters. The molecular formula is C12H17N3O2. The average Bonchev–Trinajstić information content (AvgIpc) is 2.39. The average molecular weight is 235 g/mol. The summed E-state index contributed by atoms with van der Waals surface area (Å²) in [4.78, 5) is 2.24. The molecule has 1 atom stereocenters. The number of nitrogens with zero attached hydrogens (tertiary/aromatic N) is 2. The molecule has 1 fully saturated rings. The van der Waals surface area contributed by atoms with E-state index < -0.39 is 0 Å². The van der Waals surface area contributed by atoms with Gasteiger partial charge in [-0.15, -0.1) is 0 Å². The van der Waals surface area contributed by atoms with Crippen LogP contribution in [-0.2, 0) is 11.3 Å². The van der Waals surface area contributed by atoms with Crippen molar-refractivity contribution in [3.05, 3.63) is 35.9 Å². The summed E-state index contributed by atoms with van der Waals surface area (Å²) in [5, 5.41) is 11.6. The number of rotatable bonds is 3. The lowest BCUT2D eigenvalue weighted by Crippen LogP contribution is -2.48. The van der Waals surface area contributed by atoms with Crippen LogP contribution in [0.2, 0.25) is 0 Å². The zero-order valence-electron chi connectivity index (χ0n) is 9.62. The van der Waals surface area contributed by atoms with Crippen molar-refractivity contribution in [1.29, 1.82) is 0 Å². The largest absolute Gasteiger partial charge is 0.409 e. The Bertz CT molecular complexity index is 381. The van der Waals surface area contributed by atoms with Gasteiger partial charge in [0.2, 0.25) is 0 Å². The zero-order valence-corrected chi connectivity index (χ0v) is 9.62. The number of benzene rings is 1. The van der Waals surface area contributed by atoms with Gasteiger partial charge in [0, 0.05) is 19.6 Å². The third kappa shape index (κ3) is 3.18. The molecule has 17 heavy (non-hydrogen) atoms. The van der Waals surface area contributed by atoms with E-state index in [9.17, 15) is 0 Å². The second kappa shape index (κ2) is 5.65. The molecule has 1 aromatic rings. The minimum atomic E-state index is -0.308. The topological polar surface area (TPSA) is 71.1 Å². The summed E-state index contributed by atoms with van der Waals surface area (Å²) in [6.07, 6.45) is -0.308. The summed E-state index contributed by atoms with van der Waals surface area (Å²) in [7, 11) is 0. The Morgan fingerprint density at radius 1 is 1.47 bits per heavy atom. The Kier molecular flexibility index (Phi) is 3.95. The van der Waals surface area contributed by atoms with Gasteiger partial charge in [-0.1, -0.05) is 35.5 Å². The van der Waals surface area contributed by atoms with Crippen molar-refractivity contribution in [1.82, 2.24) is 4.90 Å². The fraction of sp³-hybridized carbons (Fsp3) is 0.417. The number of oxime groups is 1. The summed E-state index contributed by atoms with van der Waals surface area (Å²) in [5.41, 5.74) is 6.81. The predicted molar refractivity (Wildman–Crippen MR) is 64.9 cm³/mol. The van der Waals surface area contributed by atoms with Crippen molar-refractivity contribution in [2.75, 3.05) is 19.7 Å². The van der Waals surface area contributed by atoms with Gasteiger partial charge in [0.1, 0.15) is 6.10 Å². The first-order chi connectivity index (χ1) is 8.29. The third-order valence-corrected chi connectivity index (χ3v) is 2.84. The predicted octanol–water partition coefficient (Wildman–Crippen LogP) is 0.634. The first-order valence-electron chi connectivity index (χ1n) is 5.65. The van der Waals surface area contributed by atoms with Crippen LogP contribution in [-0.4, -0.2) is 41.7 Å². The van der Waals surface area contributed by atoms with E-state index in [1.165, 1.54) is 5.56 Å². The Morgan fingerprint density at radius 2 is 2.24 bits per heavy atom. The van der Waals surface area contributed by atoms with Crippen LogP contribution in [0.5, 0.6) is 0 Å². The fourth-order valence-corrected chi connectivity index (χ4v) is 1.93. The maximum Gasteiger partial charge on any atom is 0.169 e. The van der Waals surface area contributed by atoms with Crippen molar-refractivity contribution in [3.63, 3.8) is 0 Å². The third-order valence-electron chi connectivity index (χ3n) is 2.84. The van der Waals surface area contributed by atoms with Crippen molar-refractivity contribution < 1.29 is 9.94 Å². The van der Waals surface area contributed by atoms with Crippen molar-refractivity contribution in [2.24, 2.45) is 10.9 Å². The maximum absolute atomic E-state index is 8.63. The molecule has 1 aromatic carbocycles. The van der Waals surface area contributed by atoms with E-state index in [4.69, 9.17) is 15.7 Å². The standard InChI is InChI=1S/C12H17N3O2/c13-12(14-16)11-9-15(6-7-17-11)8-10-4-2-1-3-5-10/h1-5,11,16H,6-9H2,(H2,13,14)/t11-/m1/s1. The van der Waals surface area contributed by atoms with Gasteiger partial charge in [-0.3, -0.25) is 4.90 Å². The molecule has 0 spiro atoms. The van der Waals surface area contributed by atoms with E-state index in [-0.39, 0.29) is 11.9 Å². The highest BCUT2D eigenvalue weighted by Gasteiger charge is 2.23. The Balaban J connectivity index is 1.94. The normalized spacial score (nSPS) is 22.6. The Labute approximate surface area is 100 Å². The van der Waals surface area contributed by atoms with Crippen LogP contribution in [0.25, 0.3) is 0 Å². The molecule has 1 aliphatic rings. The minimum absolute atomic E-state index is 0.141. The number of hydrogen-bond acceptors (Lipinski definition) is 4. The van der Waals surface area contributed by atoms with Gasteiger partial charge in [0.05, 0.1) is 6.61 Å². The molecule has 2 rings (SSSR count). The summed E-state index contributed by atoms with van der Waals surface area (Å²) < 4.78 is 5.44. The smallest absolute Gasteiger partial charge is 0.169 e. The monoisotopic (exact) mass is 235 g/mol. The molecule has 0 bridgehead atoms. The second-order valence-electron chi connectivity index (χ2n) is 4.11. The fourth-order valence-electron chi connectivity index (χ4n) is 1.93. The molecule has 0 aliphatic carbocycles. The van der Waals surface area contributed by atoms with Gasteiger partial charge < -0.3 is 15.7 Å². The van der Waals surface area contributed by atoms with E-state index in [0.29, 0.717) is 13.2 Å². The molecule has 0 amide bonds. The van der Waals surface area contributed by atoms with Crippen LogP contribution in [0.1, 0.15) is 5.56 Å². The van der Waals surface area contributed by atoms with Gasteiger partial charge in [0.25, 0.3) is 0 Å². The molecule has 1 saturated heterocycles. The quantitative estimate of drug-likeness (QED) is 0.349. The van der Waals surface area contributed by atoms with Crippen molar-refractivity contribution in [3.8, 4) is 0 Å². The van der Waals surface area contributed by atoms with Gasteiger partial charge >= 0.3 is 0 Å². The number of morpholine rings is 1. The number of ether oxygens (including phenoxy) is 1. The molecule has 1 aliphatic heterocycles. The summed E-state index contributed by atoms with van der Waals surface area (Å²) in [5.74, 6) is 0.141. The van der Waals surface area contributed by atoms with Crippen LogP contribution in [0.3, 0.4) is 0 Å². The molecule has 1 heterocycles. The van der Waals surface area contributed by atoms with Crippen molar-refractivity contribution >= 4 is 5.84 Å². The van der Waals surface area contributed by atoms with Gasteiger partial charge in [-0.05, 0) is 5.56 Å². The number of amidine groups is 1. The molecular weight excluding hydrogens is 218 g/mol. The molecule has 5 heteroatoms. The first-order valence-corrected chi connectivity index (χ1v) is 5.65. The van der Waals surface area contributed by atoms with E-state index in [2.05, 4.69) is 22.2 Å².